The quantitative estimate of drug-likeness (QED) is 0.495. The molecular formula is C26H24ClNO5. The second-order valence-corrected chi connectivity index (χ2v) is 8.28. The van der Waals surface area contributed by atoms with Crippen LogP contribution in [0.15, 0.2) is 72.8 Å². The zero-order valence-electron chi connectivity index (χ0n) is 18.1. The van der Waals surface area contributed by atoms with Crippen molar-refractivity contribution in [1.29, 1.82) is 0 Å². The molecule has 0 aliphatic heterocycles. The highest BCUT2D eigenvalue weighted by atomic mass is 35.5. The molecule has 6 nitrogen and oxygen atoms in total. The van der Waals surface area contributed by atoms with Gasteiger partial charge in [0, 0.05) is 18.0 Å². The number of hydrogen-bond acceptors (Lipinski definition) is 4. The van der Waals surface area contributed by atoms with E-state index in [2.05, 4.69) is 12.1 Å². The average Bonchev–Trinajstić information content (AvgIpc) is 3.14. The molecule has 4 rings (SSSR count). The first kappa shape index (κ1) is 22.8. The summed E-state index contributed by atoms with van der Waals surface area (Å²) < 4.78 is 11.1. The van der Waals surface area contributed by atoms with Crippen LogP contribution in [0.25, 0.3) is 11.1 Å². The topological polar surface area (TPSA) is 76.1 Å². The van der Waals surface area contributed by atoms with Gasteiger partial charge in [-0.25, -0.2) is 9.59 Å². The number of carboxylic acid groups (broad SMARTS) is 1. The first-order valence-electron chi connectivity index (χ1n) is 10.6. The maximum Gasteiger partial charge on any atom is 0.410 e. The molecule has 1 aliphatic rings. The van der Waals surface area contributed by atoms with Gasteiger partial charge in [0.25, 0.3) is 0 Å². The molecule has 1 aliphatic carbocycles. The summed E-state index contributed by atoms with van der Waals surface area (Å²) in [6, 6.07) is 22.0. The largest absolute Gasteiger partial charge is 0.480 e. The lowest BCUT2D eigenvalue weighted by atomic mass is 9.98. The molecule has 0 bridgehead atoms. The van der Waals surface area contributed by atoms with E-state index in [-0.39, 0.29) is 25.7 Å². The molecule has 1 N–H and O–H groups in total. The molecule has 0 unspecified atom stereocenters. The Morgan fingerprint density at radius 2 is 1.55 bits per heavy atom. The van der Waals surface area contributed by atoms with E-state index in [1.807, 2.05) is 42.5 Å². The minimum absolute atomic E-state index is 0.102. The van der Waals surface area contributed by atoms with Gasteiger partial charge < -0.3 is 14.6 Å². The number of aliphatic carboxylic acids is 1. The van der Waals surface area contributed by atoms with E-state index in [9.17, 15) is 14.7 Å². The fraction of sp³-hybridized carbons (Fsp3) is 0.231. The zero-order valence-corrected chi connectivity index (χ0v) is 18.9. The van der Waals surface area contributed by atoms with Crippen molar-refractivity contribution in [3.8, 4) is 11.1 Å². The number of carbonyl (C=O) groups is 2. The van der Waals surface area contributed by atoms with Crippen LogP contribution < -0.4 is 0 Å². The Morgan fingerprint density at radius 3 is 2.15 bits per heavy atom. The standard InChI is InChI=1S/C26H24ClNO5/c1-28(24(25(29)30)16-32-14-17-8-2-7-13-23(17)27)26(31)33-15-22-20-11-5-3-9-18(20)19-10-4-6-12-21(19)22/h2-13,22,24H,14-16H2,1H3,(H,29,30)/t24-/m0/s1. The summed E-state index contributed by atoms with van der Waals surface area (Å²) in [5, 5.41) is 10.2. The molecule has 0 spiro atoms. The smallest absolute Gasteiger partial charge is 0.410 e. The third kappa shape index (κ3) is 4.87. The Balaban J connectivity index is 1.39. The van der Waals surface area contributed by atoms with Gasteiger partial charge in [-0.05, 0) is 33.9 Å². The zero-order chi connectivity index (χ0) is 23.4. The van der Waals surface area contributed by atoms with Crippen molar-refractivity contribution in [1.82, 2.24) is 4.90 Å². The molecule has 1 amide bonds. The maximum absolute atomic E-state index is 12.7. The number of amides is 1. The molecule has 7 heteroatoms. The van der Waals surface area contributed by atoms with Crippen LogP contribution in [0.1, 0.15) is 22.6 Å². The highest BCUT2D eigenvalue weighted by Crippen LogP contribution is 2.44. The highest BCUT2D eigenvalue weighted by molar-refractivity contribution is 6.31. The number of nitrogens with zero attached hydrogens (tertiary/aromatic N) is 1. The predicted molar refractivity (Wildman–Crippen MR) is 125 cm³/mol. The molecular weight excluding hydrogens is 442 g/mol. The number of benzene rings is 3. The van der Waals surface area contributed by atoms with E-state index in [1.165, 1.54) is 7.05 Å². The average molecular weight is 466 g/mol. The molecule has 0 saturated heterocycles. The fourth-order valence-corrected chi connectivity index (χ4v) is 4.26. The minimum atomic E-state index is -1.19. The molecule has 0 heterocycles. The predicted octanol–water partition coefficient (Wildman–Crippen LogP) is 5.19. The lowest BCUT2D eigenvalue weighted by Gasteiger charge is -2.25. The number of rotatable bonds is 8. The first-order chi connectivity index (χ1) is 16.0. The maximum atomic E-state index is 12.7. The van der Waals surface area contributed by atoms with E-state index in [4.69, 9.17) is 21.1 Å². The third-order valence-corrected chi connectivity index (χ3v) is 6.24. The van der Waals surface area contributed by atoms with Crippen LogP contribution in [-0.2, 0) is 20.9 Å². The van der Waals surface area contributed by atoms with Crippen molar-refractivity contribution >= 4 is 23.7 Å². The van der Waals surface area contributed by atoms with Crippen LogP contribution in [0.2, 0.25) is 5.02 Å². The monoisotopic (exact) mass is 465 g/mol. The van der Waals surface area contributed by atoms with Gasteiger partial charge in [-0.3, -0.25) is 4.90 Å². The summed E-state index contributed by atoms with van der Waals surface area (Å²) in [4.78, 5) is 25.6. The van der Waals surface area contributed by atoms with Crippen LogP contribution in [0.3, 0.4) is 0 Å². The second-order valence-electron chi connectivity index (χ2n) is 7.88. The van der Waals surface area contributed by atoms with E-state index in [1.54, 1.807) is 18.2 Å². The number of carbonyl (C=O) groups excluding carboxylic acids is 1. The molecule has 1 atom stereocenters. The Morgan fingerprint density at radius 1 is 0.970 bits per heavy atom. The molecule has 0 saturated carbocycles. The second kappa shape index (κ2) is 10.1. The molecule has 0 radical (unpaired) electrons. The Kier molecular flexibility index (Phi) is 6.96. The van der Waals surface area contributed by atoms with Crippen LogP contribution in [0.5, 0.6) is 0 Å². The Hall–Kier alpha value is -3.35. The molecule has 3 aromatic rings. The minimum Gasteiger partial charge on any atom is -0.480 e. The molecule has 33 heavy (non-hydrogen) atoms. The van der Waals surface area contributed by atoms with Crippen molar-refractivity contribution < 1.29 is 24.2 Å². The van der Waals surface area contributed by atoms with Crippen molar-refractivity contribution in [2.75, 3.05) is 20.3 Å². The Labute approximate surface area is 197 Å². The SMILES string of the molecule is CN(C(=O)OCC1c2ccccc2-c2ccccc21)[C@@H](COCc1ccccc1Cl)C(=O)O. The van der Waals surface area contributed by atoms with E-state index < -0.39 is 18.1 Å². The van der Waals surface area contributed by atoms with E-state index in [0.29, 0.717) is 5.02 Å². The lowest BCUT2D eigenvalue weighted by molar-refractivity contribution is -0.144. The fourth-order valence-electron chi connectivity index (χ4n) is 4.07. The van der Waals surface area contributed by atoms with Crippen molar-refractivity contribution in [3.05, 3.63) is 94.5 Å². The third-order valence-electron chi connectivity index (χ3n) is 5.87. The van der Waals surface area contributed by atoms with Crippen molar-refractivity contribution in [2.24, 2.45) is 0 Å². The van der Waals surface area contributed by atoms with Gasteiger partial charge in [-0.1, -0.05) is 78.3 Å². The molecule has 0 fully saturated rings. The van der Waals surface area contributed by atoms with Gasteiger partial charge in [-0.15, -0.1) is 0 Å². The number of likely N-dealkylation sites (N-methyl/N-ethyl adjacent to an activating group) is 1. The Bertz CT molecular complexity index is 1120. The van der Waals surface area contributed by atoms with Gasteiger partial charge in [0.1, 0.15) is 6.61 Å². The van der Waals surface area contributed by atoms with Gasteiger partial charge in [-0.2, -0.15) is 0 Å². The van der Waals surface area contributed by atoms with Gasteiger partial charge in [0.2, 0.25) is 0 Å². The first-order valence-corrected chi connectivity index (χ1v) is 11.0. The molecule has 0 aromatic heterocycles. The number of ether oxygens (including phenoxy) is 2. The summed E-state index contributed by atoms with van der Waals surface area (Å²) in [5.74, 6) is -1.28. The van der Waals surface area contributed by atoms with Gasteiger partial charge in [0.05, 0.1) is 13.2 Å². The van der Waals surface area contributed by atoms with Crippen molar-refractivity contribution in [3.63, 3.8) is 0 Å². The van der Waals surface area contributed by atoms with Gasteiger partial charge >= 0.3 is 12.1 Å². The number of carboxylic acids is 1. The van der Waals surface area contributed by atoms with Crippen LogP contribution in [0, 0.1) is 0 Å². The number of hydrogen-bond donors (Lipinski definition) is 1. The lowest BCUT2D eigenvalue weighted by Crippen LogP contribution is -2.45. The summed E-state index contributed by atoms with van der Waals surface area (Å²) in [7, 11) is 1.40. The summed E-state index contributed by atoms with van der Waals surface area (Å²) in [5.41, 5.74) is 5.17. The van der Waals surface area contributed by atoms with Crippen LogP contribution >= 0.6 is 11.6 Å². The van der Waals surface area contributed by atoms with Crippen LogP contribution in [-0.4, -0.2) is 48.4 Å². The van der Waals surface area contributed by atoms with Gasteiger partial charge in [0.15, 0.2) is 6.04 Å². The number of fused-ring (bicyclic) bond motifs is 3. The van der Waals surface area contributed by atoms with Crippen LogP contribution in [0.4, 0.5) is 4.79 Å². The highest BCUT2D eigenvalue weighted by Gasteiger charge is 2.32. The normalized spacial score (nSPS) is 13.2. The molecule has 170 valence electrons. The van der Waals surface area contributed by atoms with E-state index in [0.717, 1.165) is 32.7 Å². The summed E-state index contributed by atoms with van der Waals surface area (Å²) in [6.07, 6.45) is -0.717. The number of halogens is 1. The van der Waals surface area contributed by atoms with E-state index >= 15 is 0 Å². The van der Waals surface area contributed by atoms with Crippen molar-refractivity contribution in [2.45, 2.75) is 18.6 Å². The molecule has 3 aromatic carbocycles. The summed E-state index contributed by atoms with van der Waals surface area (Å²) in [6.45, 7) is 0.0628. The summed E-state index contributed by atoms with van der Waals surface area (Å²) >= 11 is 6.11.